The molecule has 1 heterocycles. The summed E-state index contributed by atoms with van der Waals surface area (Å²) in [6, 6.07) is 7.57. The average molecular weight is 427 g/mol. The van der Waals surface area contributed by atoms with Crippen LogP contribution in [0.15, 0.2) is 47.4 Å². The lowest BCUT2D eigenvalue weighted by Crippen LogP contribution is -2.51. The van der Waals surface area contributed by atoms with Crippen LogP contribution >= 0.6 is 0 Å². The molecule has 29 heavy (non-hydrogen) atoms. The standard InChI is InChI=1S/C19H19F2NO6S/c20-16-3-1-2-12(18(16)21)11-28-14-5-7-15(8-6-14)29(26,27)22-10-13(23)4-9-17(22)19(24)25/h1-3,5-8,13,17,23H,4,9-11H2,(H,24,25). The number of carboxylic acid groups (broad SMARTS) is 1. The molecule has 0 spiro atoms. The molecule has 0 amide bonds. The summed E-state index contributed by atoms with van der Waals surface area (Å²) in [4.78, 5) is 11.2. The van der Waals surface area contributed by atoms with Gasteiger partial charge in [0.1, 0.15) is 18.4 Å². The van der Waals surface area contributed by atoms with E-state index in [9.17, 15) is 32.2 Å². The molecule has 3 rings (SSSR count). The molecular weight excluding hydrogens is 408 g/mol. The molecule has 1 aliphatic heterocycles. The van der Waals surface area contributed by atoms with Crippen LogP contribution in [0.2, 0.25) is 0 Å². The van der Waals surface area contributed by atoms with Crippen LogP contribution in [0.1, 0.15) is 18.4 Å². The van der Waals surface area contributed by atoms with Gasteiger partial charge in [0.2, 0.25) is 10.0 Å². The zero-order valence-corrected chi connectivity index (χ0v) is 16.0. The van der Waals surface area contributed by atoms with Gasteiger partial charge >= 0.3 is 5.97 Å². The molecule has 1 aliphatic rings. The van der Waals surface area contributed by atoms with E-state index < -0.39 is 39.8 Å². The van der Waals surface area contributed by atoms with Gasteiger partial charge in [-0.3, -0.25) is 4.79 Å². The summed E-state index contributed by atoms with van der Waals surface area (Å²) >= 11 is 0. The second-order valence-electron chi connectivity index (χ2n) is 6.63. The highest BCUT2D eigenvalue weighted by Gasteiger charge is 2.40. The van der Waals surface area contributed by atoms with Gasteiger partial charge in [-0.1, -0.05) is 12.1 Å². The molecule has 1 fully saturated rings. The lowest BCUT2D eigenvalue weighted by Gasteiger charge is -2.34. The van der Waals surface area contributed by atoms with E-state index in [-0.39, 0.29) is 42.2 Å². The number of benzene rings is 2. The number of hydrogen-bond donors (Lipinski definition) is 2. The summed E-state index contributed by atoms with van der Waals surface area (Å²) in [6.45, 7) is -0.564. The summed E-state index contributed by atoms with van der Waals surface area (Å²) in [7, 11) is -4.16. The molecule has 2 aromatic rings. The van der Waals surface area contributed by atoms with Crippen molar-refractivity contribution in [1.29, 1.82) is 0 Å². The monoisotopic (exact) mass is 427 g/mol. The molecule has 10 heteroatoms. The summed E-state index contributed by atoms with van der Waals surface area (Å²) in [5.41, 5.74) is 0.00769. The molecule has 2 atom stereocenters. The van der Waals surface area contributed by atoms with Crippen molar-refractivity contribution in [2.24, 2.45) is 0 Å². The predicted octanol–water partition coefficient (Wildman–Crippen LogP) is 2.14. The lowest BCUT2D eigenvalue weighted by atomic mass is 10.0. The first-order chi connectivity index (χ1) is 13.7. The van der Waals surface area contributed by atoms with Crippen LogP contribution in [0, 0.1) is 11.6 Å². The number of aliphatic hydroxyl groups excluding tert-OH is 1. The van der Waals surface area contributed by atoms with E-state index in [2.05, 4.69) is 0 Å². The Bertz CT molecular complexity index is 996. The van der Waals surface area contributed by atoms with Gasteiger partial charge < -0.3 is 14.9 Å². The molecular formula is C19H19F2NO6S. The summed E-state index contributed by atoms with van der Waals surface area (Å²) in [5, 5.41) is 19.1. The number of nitrogens with zero attached hydrogens (tertiary/aromatic N) is 1. The Morgan fingerprint density at radius 1 is 1.14 bits per heavy atom. The fraction of sp³-hybridized carbons (Fsp3) is 0.316. The van der Waals surface area contributed by atoms with Gasteiger partial charge in [-0.25, -0.2) is 17.2 Å². The number of rotatable bonds is 6. The van der Waals surface area contributed by atoms with Crippen molar-refractivity contribution in [3.05, 3.63) is 59.7 Å². The van der Waals surface area contributed by atoms with Gasteiger partial charge in [-0.2, -0.15) is 4.31 Å². The topological polar surface area (TPSA) is 104 Å². The van der Waals surface area contributed by atoms with Crippen molar-refractivity contribution < 1.29 is 36.9 Å². The van der Waals surface area contributed by atoms with Crippen molar-refractivity contribution in [3.8, 4) is 5.75 Å². The van der Waals surface area contributed by atoms with Crippen molar-refractivity contribution in [2.45, 2.75) is 36.5 Å². The number of halogens is 2. The number of piperidine rings is 1. The molecule has 0 radical (unpaired) electrons. The lowest BCUT2D eigenvalue weighted by molar-refractivity contribution is -0.143. The second-order valence-corrected chi connectivity index (χ2v) is 8.52. The summed E-state index contributed by atoms with van der Waals surface area (Å²) in [6.07, 6.45) is -0.730. The quantitative estimate of drug-likeness (QED) is 0.732. The van der Waals surface area contributed by atoms with Crippen LogP contribution in [-0.4, -0.2) is 47.6 Å². The van der Waals surface area contributed by atoms with Crippen molar-refractivity contribution in [3.63, 3.8) is 0 Å². The Hall–Kier alpha value is -2.56. The van der Waals surface area contributed by atoms with E-state index in [1.54, 1.807) is 0 Å². The Labute approximate surface area is 166 Å². The van der Waals surface area contributed by atoms with Gasteiger partial charge in [0, 0.05) is 12.1 Å². The predicted molar refractivity (Wildman–Crippen MR) is 97.7 cm³/mol. The normalized spacial score (nSPS) is 20.4. The molecule has 156 valence electrons. The smallest absolute Gasteiger partial charge is 0.322 e. The Balaban J connectivity index is 1.76. The van der Waals surface area contributed by atoms with Crippen LogP contribution in [-0.2, 0) is 21.4 Å². The first kappa shape index (κ1) is 21.2. The molecule has 7 nitrogen and oxygen atoms in total. The number of sulfonamides is 1. The van der Waals surface area contributed by atoms with Crippen LogP contribution in [0.5, 0.6) is 5.75 Å². The molecule has 0 saturated carbocycles. The fourth-order valence-electron chi connectivity index (χ4n) is 3.10. The van der Waals surface area contributed by atoms with Gasteiger partial charge in [-0.05, 0) is 43.2 Å². The average Bonchev–Trinajstić information content (AvgIpc) is 2.69. The Morgan fingerprint density at radius 3 is 2.48 bits per heavy atom. The number of aliphatic hydroxyl groups is 1. The van der Waals surface area contributed by atoms with Gasteiger partial charge in [0.05, 0.1) is 11.0 Å². The highest BCUT2D eigenvalue weighted by molar-refractivity contribution is 7.89. The van der Waals surface area contributed by atoms with Crippen molar-refractivity contribution in [1.82, 2.24) is 4.31 Å². The van der Waals surface area contributed by atoms with Crippen molar-refractivity contribution >= 4 is 16.0 Å². The van der Waals surface area contributed by atoms with Gasteiger partial charge in [0.25, 0.3) is 0 Å². The third-order valence-corrected chi connectivity index (χ3v) is 6.54. The number of carboxylic acids is 1. The minimum Gasteiger partial charge on any atom is -0.489 e. The number of carbonyl (C=O) groups is 1. The maximum Gasteiger partial charge on any atom is 0.322 e. The molecule has 0 aliphatic carbocycles. The first-order valence-electron chi connectivity index (χ1n) is 8.78. The number of hydrogen-bond acceptors (Lipinski definition) is 5. The van der Waals surface area contributed by atoms with Crippen LogP contribution in [0.25, 0.3) is 0 Å². The molecule has 0 bridgehead atoms. The molecule has 2 unspecified atom stereocenters. The van der Waals surface area contributed by atoms with Crippen LogP contribution in [0.4, 0.5) is 8.78 Å². The SMILES string of the molecule is O=C(O)C1CCC(O)CN1S(=O)(=O)c1ccc(OCc2cccc(F)c2F)cc1. The molecule has 2 N–H and O–H groups in total. The zero-order valence-electron chi connectivity index (χ0n) is 15.2. The minimum absolute atomic E-state index is 0.00769. The Kier molecular flexibility index (Phi) is 6.15. The van der Waals surface area contributed by atoms with Crippen LogP contribution < -0.4 is 4.74 Å². The van der Waals surface area contributed by atoms with E-state index in [1.165, 1.54) is 36.4 Å². The van der Waals surface area contributed by atoms with Crippen LogP contribution in [0.3, 0.4) is 0 Å². The Morgan fingerprint density at radius 2 is 1.83 bits per heavy atom. The summed E-state index contributed by atoms with van der Waals surface area (Å²) in [5.74, 6) is -3.07. The third-order valence-electron chi connectivity index (χ3n) is 4.65. The van der Waals surface area contributed by atoms with E-state index in [0.29, 0.717) is 0 Å². The third kappa shape index (κ3) is 4.55. The zero-order chi connectivity index (χ0) is 21.2. The molecule has 0 aromatic heterocycles. The number of β-amino-alcohol motifs (C(OH)–C–C–N with tert-alkyl or cyclic N) is 1. The minimum atomic E-state index is -4.16. The molecule has 2 aromatic carbocycles. The van der Waals surface area contributed by atoms with E-state index in [0.717, 1.165) is 10.4 Å². The second kappa shape index (κ2) is 8.44. The van der Waals surface area contributed by atoms with Gasteiger partial charge in [-0.15, -0.1) is 0 Å². The van der Waals surface area contributed by atoms with E-state index >= 15 is 0 Å². The highest BCUT2D eigenvalue weighted by atomic mass is 32.2. The fourth-order valence-corrected chi connectivity index (χ4v) is 4.75. The van der Waals surface area contributed by atoms with Crippen molar-refractivity contribution in [2.75, 3.05) is 6.54 Å². The highest BCUT2D eigenvalue weighted by Crippen LogP contribution is 2.27. The number of ether oxygens (including phenoxy) is 1. The summed E-state index contributed by atoms with van der Waals surface area (Å²) < 4.78 is 58.7. The molecule has 1 saturated heterocycles. The number of aliphatic carboxylic acids is 1. The maximum absolute atomic E-state index is 13.7. The van der Waals surface area contributed by atoms with E-state index in [4.69, 9.17) is 4.74 Å². The largest absolute Gasteiger partial charge is 0.489 e. The van der Waals surface area contributed by atoms with E-state index in [1.807, 2.05) is 0 Å². The first-order valence-corrected chi connectivity index (χ1v) is 10.2. The van der Waals surface area contributed by atoms with Gasteiger partial charge in [0.15, 0.2) is 11.6 Å². The maximum atomic E-state index is 13.7.